The molecule has 6 nitrogen and oxygen atoms in total. The van der Waals surface area contributed by atoms with Crippen LogP contribution in [0.2, 0.25) is 10.0 Å². The zero-order valence-electron chi connectivity index (χ0n) is 17.7. The van der Waals surface area contributed by atoms with E-state index in [1.54, 1.807) is 36.4 Å². The van der Waals surface area contributed by atoms with Crippen LogP contribution in [0.1, 0.15) is 26.3 Å². The lowest BCUT2D eigenvalue weighted by Gasteiger charge is -2.26. The van der Waals surface area contributed by atoms with Crippen LogP contribution in [0.15, 0.2) is 60.8 Å². The van der Waals surface area contributed by atoms with Gasteiger partial charge in [-0.25, -0.2) is 4.98 Å². The highest BCUT2D eigenvalue weighted by atomic mass is 35.5. The zero-order valence-corrected chi connectivity index (χ0v) is 20.0. The van der Waals surface area contributed by atoms with Gasteiger partial charge in [0.2, 0.25) is 0 Å². The molecule has 0 atom stereocenters. The number of nitrogens with one attached hydrogen (secondary N) is 2. The minimum absolute atomic E-state index is 0.229. The van der Waals surface area contributed by atoms with Crippen molar-refractivity contribution < 1.29 is 9.59 Å². The van der Waals surface area contributed by atoms with Crippen molar-refractivity contribution in [3.05, 3.63) is 87.5 Å². The van der Waals surface area contributed by atoms with Gasteiger partial charge in [0, 0.05) is 47.9 Å². The highest BCUT2D eigenvalue weighted by molar-refractivity contribution is 7.99. The molecule has 1 aliphatic rings. The number of anilines is 2. The van der Waals surface area contributed by atoms with Gasteiger partial charge in [0.15, 0.2) is 0 Å². The molecule has 0 aliphatic carbocycles. The molecule has 9 heteroatoms. The molecule has 0 unspecified atom stereocenters. The Kier molecular flexibility index (Phi) is 7.88. The number of hydrogen-bond acceptors (Lipinski definition) is 5. The Bertz CT molecular complexity index is 1130. The van der Waals surface area contributed by atoms with Crippen LogP contribution in [0.25, 0.3) is 0 Å². The van der Waals surface area contributed by atoms with Gasteiger partial charge in [0.1, 0.15) is 5.82 Å². The minimum Gasteiger partial charge on any atom is -0.321 e. The molecular weight excluding hydrogens is 479 g/mol. The van der Waals surface area contributed by atoms with Crippen molar-refractivity contribution in [1.82, 2.24) is 9.88 Å². The Hall–Kier alpha value is -2.58. The Balaban J connectivity index is 1.45. The highest BCUT2D eigenvalue weighted by Crippen LogP contribution is 2.23. The number of benzene rings is 2. The van der Waals surface area contributed by atoms with E-state index in [0.717, 1.165) is 31.1 Å². The third-order valence-corrected chi connectivity index (χ3v) is 6.57. The molecule has 1 aliphatic heterocycles. The predicted molar refractivity (Wildman–Crippen MR) is 136 cm³/mol. The standard InChI is InChI=1S/C24H22Cl2N4O2S/c25-18-5-7-21(20(13-18)24(32)29-22-8-6-19(26)14-27-22)28-23(31)17-3-1-16(2-4-17)15-30-9-11-33-12-10-30/h1-8,13-14H,9-12,15H2,(H,28,31)(H,27,29,32). The molecule has 2 amide bonds. The first-order chi connectivity index (χ1) is 16.0. The van der Waals surface area contributed by atoms with Gasteiger partial charge in [0.05, 0.1) is 16.3 Å². The molecule has 1 fully saturated rings. The van der Waals surface area contributed by atoms with E-state index in [0.29, 0.717) is 27.1 Å². The van der Waals surface area contributed by atoms with Gasteiger partial charge >= 0.3 is 0 Å². The van der Waals surface area contributed by atoms with E-state index < -0.39 is 5.91 Å². The summed E-state index contributed by atoms with van der Waals surface area (Å²) in [7, 11) is 0. The van der Waals surface area contributed by atoms with Crippen molar-refractivity contribution in [3.8, 4) is 0 Å². The molecule has 170 valence electrons. The molecule has 3 aromatic rings. The second-order valence-corrected chi connectivity index (χ2v) is 9.64. The van der Waals surface area contributed by atoms with Crippen LogP contribution in [0.5, 0.6) is 0 Å². The Morgan fingerprint density at radius 1 is 0.909 bits per heavy atom. The van der Waals surface area contributed by atoms with Gasteiger partial charge in [-0.15, -0.1) is 0 Å². The van der Waals surface area contributed by atoms with Crippen molar-refractivity contribution in [2.75, 3.05) is 35.2 Å². The molecule has 0 saturated carbocycles. The summed E-state index contributed by atoms with van der Waals surface area (Å²) in [5, 5.41) is 6.35. The first kappa shape index (κ1) is 23.6. The fourth-order valence-corrected chi connectivity index (χ4v) is 4.68. The van der Waals surface area contributed by atoms with Crippen molar-refractivity contribution in [3.63, 3.8) is 0 Å². The van der Waals surface area contributed by atoms with Crippen LogP contribution in [0, 0.1) is 0 Å². The number of nitrogens with zero attached hydrogens (tertiary/aromatic N) is 2. The van der Waals surface area contributed by atoms with E-state index in [1.165, 1.54) is 17.8 Å². The lowest BCUT2D eigenvalue weighted by molar-refractivity contribution is 0.102. The molecule has 1 aromatic heterocycles. The van der Waals surface area contributed by atoms with Crippen LogP contribution in [0.3, 0.4) is 0 Å². The highest BCUT2D eigenvalue weighted by Gasteiger charge is 2.17. The van der Waals surface area contributed by atoms with Crippen molar-refractivity contribution in [2.24, 2.45) is 0 Å². The van der Waals surface area contributed by atoms with Gasteiger partial charge < -0.3 is 10.6 Å². The zero-order chi connectivity index (χ0) is 23.2. The van der Waals surface area contributed by atoms with Gasteiger partial charge in [-0.3, -0.25) is 14.5 Å². The number of hydrogen-bond donors (Lipinski definition) is 2. The van der Waals surface area contributed by atoms with E-state index in [1.807, 2.05) is 23.9 Å². The maximum Gasteiger partial charge on any atom is 0.258 e. The van der Waals surface area contributed by atoms with Crippen LogP contribution in [-0.4, -0.2) is 46.3 Å². The second kappa shape index (κ2) is 11.0. The van der Waals surface area contributed by atoms with E-state index in [-0.39, 0.29) is 11.5 Å². The smallest absolute Gasteiger partial charge is 0.258 e. The largest absolute Gasteiger partial charge is 0.321 e. The van der Waals surface area contributed by atoms with Gasteiger partial charge in [-0.1, -0.05) is 35.3 Å². The van der Waals surface area contributed by atoms with E-state index in [9.17, 15) is 9.59 Å². The Labute approximate surface area is 206 Å². The fourth-order valence-electron chi connectivity index (χ4n) is 3.42. The Morgan fingerprint density at radius 3 is 2.33 bits per heavy atom. The maximum absolute atomic E-state index is 12.9. The van der Waals surface area contributed by atoms with Gasteiger partial charge in [0.25, 0.3) is 11.8 Å². The van der Waals surface area contributed by atoms with E-state index >= 15 is 0 Å². The number of rotatable bonds is 6. The summed E-state index contributed by atoms with van der Waals surface area (Å²) in [5.74, 6) is 1.90. The van der Waals surface area contributed by atoms with Crippen molar-refractivity contribution in [2.45, 2.75) is 6.54 Å². The van der Waals surface area contributed by atoms with Crippen molar-refractivity contribution in [1.29, 1.82) is 0 Å². The topological polar surface area (TPSA) is 74.3 Å². The van der Waals surface area contributed by atoms with Gasteiger partial charge in [-0.05, 0) is 48.0 Å². The number of carbonyl (C=O) groups is 2. The summed E-state index contributed by atoms with van der Waals surface area (Å²) in [6.07, 6.45) is 1.44. The number of thioether (sulfide) groups is 1. The monoisotopic (exact) mass is 500 g/mol. The van der Waals surface area contributed by atoms with Crippen molar-refractivity contribution >= 4 is 58.3 Å². The number of halogens is 2. The summed E-state index contributed by atoms with van der Waals surface area (Å²) in [5.41, 5.74) is 2.26. The predicted octanol–water partition coefficient (Wildman–Crippen LogP) is 5.44. The Morgan fingerprint density at radius 2 is 1.64 bits per heavy atom. The lowest BCUT2D eigenvalue weighted by Crippen LogP contribution is -2.31. The molecule has 4 rings (SSSR count). The summed E-state index contributed by atoms with van der Waals surface area (Å²) in [4.78, 5) is 32.2. The molecule has 0 bridgehead atoms. The third kappa shape index (κ3) is 6.48. The number of pyridine rings is 1. The summed E-state index contributed by atoms with van der Waals surface area (Å²) < 4.78 is 0. The maximum atomic E-state index is 12.9. The van der Waals surface area contributed by atoms with Crippen LogP contribution in [-0.2, 0) is 6.54 Å². The number of aromatic nitrogens is 1. The third-order valence-electron chi connectivity index (χ3n) is 5.17. The second-order valence-electron chi connectivity index (χ2n) is 7.55. The minimum atomic E-state index is -0.447. The first-order valence-corrected chi connectivity index (χ1v) is 12.3. The first-order valence-electron chi connectivity index (χ1n) is 10.4. The molecule has 0 spiro atoms. The summed E-state index contributed by atoms with van der Waals surface area (Å²) >= 11 is 13.9. The molecule has 1 saturated heterocycles. The molecule has 2 aromatic carbocycles. The number of carbonyl (C=O) groups excluding carboxylic acids is 2. The van der Waals surface area contributed by atoms with Crippen LogP contribution < -0.4 is 10.6 Å². The average Bonchev–Trinajstić information content (AvgIpc) is 2.83. The molecule has 2 N–H and O–H groups in total. The molecular formula is C24H22Cl2N4O2S. The SMILES string of the molecule is O=C(Nc1ccc(Cl)cc1C(=O)Nc1ccc(Cl)cn1)c1ccc(CN2CCSCC2)cc1. The van der Waals surface area contributed by atoms with Crippen LogP contribution in [0.4, 0.5) is 11.5 Å². The quantitative estimate of drug-likeness (QED) is 0.471. The number of amides is 2. The summed E-state index contributed by atoms with van der Waals surface area (Å²) in [6, 6.07) is 15.5. The van der Waals surface area contributed by atoms with Crippen LogP contribution >= 0.6 is 35.0 Å². The molecule has 0 radical (unpaired) electrons. The summed E-state index contributed by atoms with van der Waals surface area (Å²) in [6.45, 7) is 3.04. The lowest BCUT2D eigenvalue weighted by atomic mass is 10.1. The molecule has 2 heterocycles. The molecule has 33 heavy (non-hydrogen) atoms. The fraction of sp³-hybridized carbons (Fsp3) is 0.208. The average molecular weight is 501 g/mol. The van der Waals surface area contributed by atoms with E-state index in [2.05, 4.69) is 20.5 Å². The normalized spacial score (nSPS) is 14.0. The van der Waals surface area contributed by atoms with E-state index in [4.69, 9.17) is 23.2 Å². The van der Waals surface area contributed by atoms with Gasteiger partial charge in [-0.2, -0.15) is 11.8 Å².